The molecule has 0 N–H and O–H groups in total. The molecule has 0 aromatic carbocycles. The molecule has 116 valence electrons. The summed E-state index contributed by atoms with van der Waals surface area (Å²) in [5.41, 5.74) is 0. The standard InChI is InChI=1S/C11H22Cl3O4P/c1-3-8-16-19(15,17-9-4-2)18-10-6-5-7-11(12,13)14/h3-10H2,1-2H3. The molecule has 0 aromatic rings. The molecule has 0 spiro atoms. The minimum absolute atomic E-state index is 0.255. The average Bonchev–Trinajstić information content (AvgIpc) is 2.32. The molecule has 0 aliphatic carbocycles. The number of phosphoric ester groups is 1. The van der Waals surface area contributed by atoms with Crippen molar-refractivity contribution in [3.05, 3.63) is 0 Å². The van der Waals surface area contributed by atoms with Gasteiger partial charge in [-0.3, -0.25) is 13.6 Å². The highest BCUT2D eigenvalue weighted by molar-refractivity contribution is 7.48. The van der Waals surface area contributed by atoms with Gasteiger partial charge in [0.25, 0.3) is 0 Å². The molecule has 0 radical (unpaired) electrons. The number of hydrogen-bond acceptors (Lipinski definition) is 4. The van der Waals surface area contributed by atoms with E-state index in [1.165, 1.54) is 0 Å². The van der Waals surface area contributed by atoms with Crippen LogP contribution in [0.15, 0.2) is 0 Å². The molecule has 0 saturated heterocycles. The SMILES string of the molecule is CCCOP(=O)(OCCC)OCCCCC(Cl)(Cl)Cl. The minimum atomic E-state index is -3.43. The summed E-state index contributed by atoms with van der Waals surface area (Å²) in [4.78, 5) is 0. The number of rotatable bonds is 11. The maximum atomic E-state index is 12.1. The Balaban J connectivity index is 3.95. The molecule has 0 saturated carbocycles. The fourth-order valence-electron chi connectivity index (χ4n) is 1.12. The first-order chi connectivity index (χ1) is 8.83. The second-order valence-electron chi connectivity index (χ2n) is 4.02. The van der Waals surface area contributed by atoms with Crippen molar-refractivity contribution in [1.82, 2.24) is 0 Å². The Kier molecular flexibility index (Phi) is 11.2. The van der Waals surface area contributed by atoms with E-state index in [9.17, 15) is 4.57 Å². The van der Waals surface area contributed by atoms with Gasteiger partial charge in [-0.25, -0.2) is 4.57 Å². The van der Waals surface area contributed by atoms with E-state index in [1.54, 1.807) is 0 Å². The topological polar surface area (TPSA) is 44.8 Å². The molecule has 4 nitrogen and oxygen atoms in total. The first-order valence-corrected chi connectivity index (χ1v) is 9.03. The van der Waals surface area contributed by atoms with E-state index in [2.05, 4.69) is 0 Å². The van der Waals surface area contributed by atoms with Crippen molar-refractivity contribution in [2.45, 2.75) is 49.7 Å². The van der Waals surface area contributed by atoms with E-state index in [1.807, 2.05) is 13.8 Å². The minimum Gasteiger partial charge on any atom is -0.287 e. The largest absolute Gasteiger partial charge is 0.474 e. The van der Waals surface area contributed by atoms with Crippen LogP contribution < -0.4 is 0 Å². The van der Waals surface area contributed by atoms with Crippen LogP contribution in [0.25, 0.3) is 0 Å². The van der Waals surface area contributed by atoms with Crippen molar-refractivity contribution in [1.29, 1.82) is 0 Å². The van der Waals surface area contributed by atoms with Crippen LogP contribution in [0.1, 0.15) is 46.0 Å². The van der Waals surface area contributed by atoms with E-state index in [0.717, 1.165) is 12.8 Å². The van der Waals surface area contributed by atoms with Gasteiger partial charge in [0.15, 0.2) is 3.79 Å². The summed E-state index contributed by atoms with van der Waals surface area (Å²) in [6.45, 7) is 4.78. The zero-order chi connectivity index (χ0) is 14.8. The van der Waals surface area contributed by atoms with Gasteiger partial charge in [0, 0.05) is 0 Å². The summed E-state index contributed by atoms with van der Waals surface area (Å²) in [6.07, 6.45) is 3.21. The molecular formula is C11H22Cl3O4P. The summed E-state index contributed by atoms with van der Waals surface area (Å²) in [5.74, 6) is 0. The van der Waals surface area contributed by atoms with E-state index < -0.39 is 11.6 Å². The van der Waals surface area contributed by atoms with Crippen molar-refractivity contribution in [3.8, 4) is 0 Å². The lowest BCUT2D eigenvalue weighted by molar-refractivity contribution is 0.112. The van der Waals surface area contributed by atoms with Gasteiger partial charge in [-0.1, -0.05) is 48.7 Å². The van der Waals surface area contributed by atoms with Crippen molar-refractivity contribution < 1.29 is 18.1 Å². The molecule has 0 aliphatic rings. The Labute approximate surface area is 130 Å². The van der Waals surface area contributed by atoms with Crippen LogP contribution in [0.5, 0.6) is 0 Å². The van der Waals surface area contributed by atoms with Gasteiger partial charge in [0.1, 0.15) is 0 Å². The van der Waals surface area contributed by atoms with Crippen molar-refractivity contribution in [2.75, 3.05) is 19.8 Å². The molecule has 19 heavy (non-hydrogen) atoms. The molecule has 0 amide bonds. The van der Waals surface area contributed by atoms with Crippen molar-refractivity contribution in [2.24, 2.45) is 0 Å². The molecule has 0 aromatic heterocycles. The zero-order valence-electron chi connectivity index (χ0n) is 11.4. The highest BCUT2D eigenvalue weighted by Gasteiger charge is 2.26. The summed E-state index contributed by atoms with van der Waals surface area (Å²) in [7, 11) is -3.43. The van der Waals surface area contributed by atoms with E-state index in [0.29, 0.717) is 32.5 Å². The molecule has 0 fully saturated rings. The molecule has 0 rings (SSSR count). The van der Waals surface area contributed by atoms with Crippen molar-refractivity contribution in [3.63, 3.8) is 0 Å². The summed E-state index contributed by atoms with van der Waals surface area (Å²) >= 11 is 16.9. The van der Waals surface area contributed by atoms with E-state index in [4.69, 9.17) is 48.4 Å². The molecule has 0 bridgehead atoms. The van der Waals surface area contributed by atoms with Gasteiger partial charge in [-0.15, -0.1) is 0 Å². The monoisotopic (exact) mass is 354 g/mol. The second kappa shape index (κ2) is 10.7. The lowest BCUT2D eigenvalue weighted by atomic mass is 10.3. The Bertz CT molecular complexity index is 259. The number of phosphoric acid groups is 1. The summed E-state index contributed by atoms with van der Waals surface area (Å²) < 4.78 is 26.5. The molecule has 0 heterocycles. The molecular weight excluding hydrogens is 333 g/mol. The number of hydrogen-bond donors (Lipinski definition) is 0. The predicted octanol–water partition coefficient (Wildman–Crippen LogP) is 5.50. The Hall–Kier alpha value is 0.980. The van der Waals surface area contributed by atoms with E-state index >= 15 is 0 Å². The Morgan fingerprint density at radius 2 is 1.37 bits per heavy atom. The highest BCUT2D eigenvalue weighted by atomic mass is 35.6. The van der Waals surface area contributed by atoms with Crippen LogP contribution >= 0.6 is 42.6 Å². The van der Waals surface area contributed by atoms with Gasteiger partial charge in [-0.05, 0) is 32.1 Å². The van der Waals surface area contributed by atoms with Gasteiger partial charge in [-0.2, -0.15) is 0 Å². The first kappa shape index (κ1) is 20.0. The molecule has 0 unspecified atom stereocenters. The summed E-state index contributed by atoms with van der Waals surface area (Å²) in [6, 6.07) is 0. The van der Waals surface area contributed by atoms with Gasteiger partial charge in [0.05, 0.1) is 19.8 Å². The van der Waals surface area contributed by atoms with Gasteiger partial charge < -0.3 is 0 Å². The van der Waals surface area contributed by atoms with Crippen LogP contribution in [0.3, 0.4) is 0 Å². The normalized spacial score (nSPS) is 12.9. The molecule has 0 aliphatic heterocycles. The number of halogens is 3. The Morgan fingerprint density at radius 3 is 1.79 bits per heavy atom. The first-order valence-electron chi connectivity index (χ1n) is 6.43. The number of alkyl halides is 3. The lowest BCUT2D eigenvalue weighted by Crippen LogP contribution is -2.05. The smallest absolute Gasteiger partial charge is 0.287 e. The highest BCUT2D eigenvalue weighted by Crippen LogP contribution is 2.49. The van der Waals surface area contributed by atoms with Crippen molar-refractivity contribution >= 4 is 42.6 Å². The zero-order valence-corrected chi connectivity index (χ0v) is 14.5. The predicted molar refractivity (Wildman–Crippen MR) is 80.2 cm³/mol. The molecule has 8 heteroatoms. The third-order valence-electron chi connectivity index (χ3n) is 2.01. The second-order valence-corrected chi connectivity index (χ2v) is 8.20. The Morgan fingerprint density at radius 1 is 0.895 bits per heavy atom. The summed E-state index contributed by atoms with van der Waals surface area (Å²) in [5, 5.41) is 0. The fourth-order valence-corrected chi connectivity index (χ4v) is 2.91. The average molecular weight is 356 g/mol. The lowest BCUT2D eigenvalue weighted by Gasteiger charge is -2.17. The van der Waals surface area contributed by atoms with Gasteiger partial charge >= 0.3 is 7.82 Å². The third kappa shape index (κ3) is 12.4. The van der Waals surface area contributed by atoms with Gasteiger partial charge in [0.2, 0.25) is 0 Å². The van der Waals surface area contributed by atoms with Crippen LogP contribution in [-0.4, -0.2) is 23.6 Å². The van der Waals surface area contributed by atoms with Crippen LogP contribution in [0.4, 0.5) is 0 Å². The van der Waals surface area contributed by atoms with Crippen LogP contribution in [0, 0.1) is 0 Å². The van der Waals surface area contributed by atoms with Crippen LogP contribution in [0.2, 0.25) is 0 Å². The fraction of sp³-hybridized carbons (Fsp3) is 1.00. The maximum absolute atomic E-state index is 12.1. The van der Waals surface area contributed by atoms with Crippen LogP contribution in [-0.2, 0) is 18.1 Å². The molecule has 0 atom stereocenters. The quantitative estimate of drug-likeness (QED) is 0.279. The number of unbranched alkanes of at least 4 members (excludes halogenated alkanes) is 1. The third-order valence-corrected chi connectivity index (χ3v) is 4.07. The van der Waals surface area contributed by atoms with E-state index in [-0.39, 0.29) is 6.61 Å². The maximum Gasteiger partial charge on any atom is 0.474 e.